The van der Waals surface area contributed by atoms with Gasteiger partial charge in [-0.3, -0.25) is 19.4 Å². The number of benzene rings is 1. The summed E-state index contributed by atoms with van der Waals surface area (Å²) in [5.74, 6) is -1.94. The SMILES string of the molecule is CNC(=O)c1cc(Oc2ccc(NC(=O)C(C)(O)Cn3c(C)cccc3=O)cc2F)ccn1. The van der Waals surface area contributed by atoms with Gasteiger partial charge in [0, 0.05) is 42.8 Å². The standard InChI is InChI=1S/C23H23FN4O5/c1-14-5-4-6-20(29)28(14)13-23(2,32)22(31)27-15-7-8-19(17(24)11-15)33-16-9-10-26-18(12-16)21(30)25-3/h4-12,32H,13H2,1-3H3,(H,25,30)(H,27,31). The van der Waals surface area contributed by atoms with Gasteiger partial charge in [0.1, 0.15) is 11.4 Å². The zero-order valence-electron chi connectivity index (χ0n) is 18.3. The number of carbonyl (C=O) groups is 2. The van der Waals surface area contributed by atoms with E-state index in [4.69, 9.17) is 4.74 Å². The normalized spacial score (nSPS) is 12.5. The number of carbonyl (C=O) groups excluding carboxylic acids is 2. The zero-order chi connectivity index (χ0) is 24.2. The number of halogens is 1. The Balaban J connectivity index is 1.73. The van der Waals surface area contributed by atoms with E-state index in [1.165, 1.54) is 55.1 Å². The summed E-state index contributed by atoms with van der Waals surface area (Å²) in [5, 5.41) is 15.5. The van der Waals surface area contributed by atoms with Crippen molar-refractivity contribution in [1.29, 1.82) is 0 Å². The molecule has 2 amide bonds. The topological polar surface area (TPSA) is 123 Å². The summed E-state index contributed by atoms with van der Waals surface area (Å²) in [6, 6.07) is 11.1. The Bertz CT molecular complexity index is 1260. The Kier molecular flexibility index (Phi) is 6.88. The predicted octanol–water partition coefficient (Wildman–Crippen LogP) is 2.23. The third-order valence-corrected chi connectivity index (χ3v) is 4.83. The van der Waals surface area contributed by atoms with Crippen LogP contribution < -0.4 is 20.9 Å². The van der Waals surface area contributed by atoms with Crippen molar-refractivity contribution >= 4 is 17.5 Å². The van der Waals surface area contributed by atoms with E-state index >= 15 is 0 Å². The summed E-state index contributed by atoms with van der Waals surface area (Å²) in [5.41, 5.74) is -1.52. The summed E-state index contributed by atoms with van der Waals surface area (Å²) in [6.45, 7) is 2.68. The molecule has 0 fully saturated rings. The molecule has 1 aromatic carbocycles. The minimum Gasteiger partial charge on any atom is -0.454 e. The lowest BCUT2D eigenvalue weighted by molar-refractivity contribution is -0.133. The van der Waals surface area contributed by atoms with Gasteiger partial charge in [-0.25, -0.2) is 4.39 Å². The van der Waals surface area contributed by atoms with E-state index in [2.05, 4.69) is 15.6 Å². The second-order valence-corrected chi connectivity index (χ2v) is 7.52. The number of nitrogens with zero attached hydrogens (tertiary/aromatic N) is 2. The lowest BCUT2D eigenvalue weighted by atomic mass is 10.1. The van der Waals surface area contributed by atoms with E-state index in [0.29, 0.717) is 5.69 Å². The Morgan fingerprint density at radius 1 is 1.21 bits per heavy atom. The number of rotatable bonds is 7. The van der Waals surface area contributed by atoms with Gasteiger partial charge in [-0.1, -0.05) is 6.07 Å². The summed E-state index contributed by atoms with van der Waals surface area (Å²) in [6.07, 6.45) is 1.36. The fraction of sp³-hybridized carbons (Fsp3) is 0.217. The van der Waals surface area contributed by atoms with Gasteiger partial charge in [-0.15, -0.1) is 0 Å². The molecule has 3 aromatic rings. The first-order chi connectivity index (χ1) is 15.6. The third-order valence-electron chi connectivity index (χ3n) is 4.83. The number of hydrogen-bond acceptors (Lipinski definition) is 6. The van der Waals surface area contributed by atoms with E-state index in [0.717, 1.165) is 6.07 Å². The largest absolute Gasteiger partial charge is 0.454 e. The van der Waals surface area contributed by atoms with E-state index in [-0.39, 0.29) is 35.0 Å². The number of aromatic nitrogens is 2. The van der Waals surface area contributed by atoms with Crippen LogP contribution in [0.15, 0.2) is 59.5 Å². The highest BCUT2D eigenvalue weighted by atomic mass is 19.1. The van der Waals surface area contributed by atoms with E-state index in [1.807, 2.05) is 0 Å². The van der Waals surface area contributed by atoms with Crippen LogP contribution in [0, 0.1) is 12.7 Å². The fourth-order valence-electron chi connectivity index (χ4n) is 2.99. The molecule has 1 unspecified atom stereocenters. The lowest BCUT2D eigenvalue weighted by Crippen LogP contribution is -2.46. The molecule has 0 saturated heterocycles. The molecule has 0 aliphatic rings. The quantitative estimate of drug-likeness (QED) is 0.503. The van der Waals surface area contributed by atoms with Crippen LogP contribution >= 0.6 is 0 Å². The monoisotopic (exact) mass is 454 g/mol. The van der Waals surface area contributed by atoms with E-state index in [9.17, 15) is 23.9 Å². The van der Waals surface area contributed by atoms with E-state index < -0.39 is 23.2 Å². The van der Waals surface area contributed by atoms with Gasteiger partial charge in [0.25, 0.3) is 17.4 Å². The van der Waals surface area contributed by atoms with Crippen LogP contribution in [0.5, 0.6) is 11.5 Å². The summed E-state index contributed by atoms with van der Waals surface area (Å²) in [7, 11) is 1.46. The van der Waals surface area contributed by atoms with Crippen LogP contribution in [0.3, 0.4) is 0 Å². The minimum atomic E-state index is -1.94. The van der Waals surface area contributed by atoms with Gasteiger partial charge >= 0.3 is 0 Å². The molecule has 10 heteroatoms. The average molecular weight is 454 g/mol. The van der Waals surface area contributed by atoms with Gasteiger partial charge in [-0.2, -0.15) is 0 Å². The van der Waals surface area contributed by atoms with Gasteiger partial charge in [0.15, 0.2) is 17.2 Å². The third kappa shape index (κ3) is 5.60. The van der Waals surface area contributed by atoms with Crippen LogP contribution in [0.1, 0.15) is 23.1 Å². The van der Waals surface area contributed by atoms with Gasteiger partial charge in [0.05, 0.1) is 6.54 Å². The first-order valence-corrected chi connectivity index (χ1v) is 9.96. The number of aryl methyl sites for hydroxylation is 1. The number of aliphatic hydroxyl groups is 1. The number of anilines is 1. The van der Waals surface area contributed by atoms with Gasteiger partial charge in [0.2, 0.25) is 0 Å². The van der Waals surface area contributed by atoms with Crippen LogP contribution in [0.25, 0.3) is 0 Å². The molecule has 0 aliphatic heterocycles. The molecule has 3 N–H and O–H groups in total. The first-order valence-electron chi connectivity index (χ1n) is 9.96. The van der Waals surface area contributed by atoms with Crippen molar-refractivity contribution < 1.29 is 23.8 Å². The number of hydrogen-bond donors (Lipinski definition) is 3. The Hall–Kier alpha value is -4.05. The Morgan fingerprint density at radius 2 is 1.97 bits per heavy atom. The molecule has 172 valence electrons. The van der Waals surface area contributed by atoms with Crippen molar-refractivity contribution in [3.05, 3.63) is 82.3 Å². The molecule has 9 nitrogen and oxygen atoms in total. The van der Waals surface area contributed by atoms with Crippen molar-refractivity contribution in [2.45, 2.75) is 26.0 Å². The summed E-state index contributed by atoms with van der Waals surface area (Å²) in [4.78, 5) is 40.2. The van der Waals surface area contributed by atoms with Gasteiger partial charge < -0.3 is 25.0 Å². The molecule has 0 aliphatic carbocycles. The van der Waals surface area contributed by atoms with Crippen molar-refractivity contribution in [1.82, 2.24) is 14.9 Å². The minimum absolute atomic E-state index is 0.0861. The van der Waals surface area contributed by atoms with Crippen LogP contribution in [0.2, 0.25) is 0 Å². The summed E-state index contributed by atoms with van der Waals surface area (Å²) < 4.78 is 21.3. The highest BCUT2D eigenvalue weighted by molar-refractivity contribution is 5.96. The maximum Gasteiger partial charge on any atom is 0.269 e. The van der Waals surface area contributed by atoms with Crippen molar-refractivity contribution in [3.8, 4) is 11.5 Å². The highest BCUT2D eigenvalue weighted by Crippen LogP contribution is 2.27. The first kappa shape index (κ1) is 23.6. The number of pyridine rings is 2. The van der Waals surface area contributed by atoms with Crippen LogP contribution in [0.4, 0.5) is 10.1 Å². The average Bonchev–Trinajstić information content (AvgIpc) is 2.78. The van der Waals surface area contributed by atoms with E-state index in [1.54, 1.807) is 19.1 Å². The Labute approximate surface area is 188 Å². The second-order valence-electron chi connectivity index (χ2n) is 7.52. The van der Waals surface area contributed by atoms with Crippen molar-refractivity contribution in [2.75, 3.05) is 12.4 Å². The maximum absolute atomic E-state index is 14.6. The van der Waals surface area contributed by atoms with Crippen LogP contribution in [-0.4, -0.2) is 39.1 Å². The Morgan fingerprint density at radius 3 is 2.64 bits per heavy atom. The zero-order valence-corrected chi connectivity index (χ0v) is 18.3. The predicted molar refractivity (Wildman–Crippen MR) is 119 cm³/mol. The molecule has 3 rings (SSSR count). The molecule has 2 aromatic heterocycles. The highest BCUT2D eigenvalue weighted by Gasteiger charge is 2.32. The smallest absolute Gasteiger partial charge is 0.269 e. The summed E-state index contributed by atoms with van der Waals surface area (Å²) >= 11 is 0. The van der Waals surface area contributed by atoms with Gasteiger partial charge in [-0.05, 0) is 38.1 Å². The molecule has 0 bridgehead atoms. The second kappa shape index (κ2) is 9.61. The molecule has 0 spiro atoms. The number of ether oxygens (including phenoxy) is 1. The maximum atomic E-state index is 14.6. The van der Waals surface area contributed by atoms with Crippen molar-refractivity contribution in [2.24, 2.45) is 0 Å². The number of nitrogens with one attached hydrogen (secondary N) is 2. The van der Waals surface area contributed by atoms with Crippen LogP contribution in [-0.2, 0) is 11.3 Å². The lowest BCUT2D eigenvalue weighted by Gasteiger charge is -2.24. The van der Waals surface area contributed by atoms with Crippen molar-refractivity contribution in [3.63, 3.8) is 0 Å². The molecule has 0 saturated carbocycles. The fourth-order valence-corrected chi connectivity index (χ4v) is 2.99. The molecule has 0 radical (unpaired) electrons. The molecule has 2 heterocycles. The molecule has 33 heavy (non-hydrogen) atoms. The molecule has 1 atom stereocenters. The molecular formula is C23H23FN4O5. The number of amides is 2. The molecular weight excluding hydrogens is 431 g/mol.